The summed E-state index contributed by atoms with van der Waals surface area (Å²) in [4.78, 5) is 5.24. The van der Waals surface area contributed by atoms with Crippen LogP contribution in [0.4, 0.5) is 34.1 Å². The van der Waals surface area contributed by atoms with Gasteiger partial charge in [0, 0.05) is 45.0 Å². The van der Waals surface area contributed by atoms with E-state index in [0.29, 0.717) is 5.56 Å². The maximum atomic E-state index is 9.75. The molecule has 0 unspecified atom stereocenters. The quantitative estimate of drug-likeness (QED) is 0.140. The van der Waals surface area contributed by atoms with Crippen LogP contribution in [0.5, 0.6) is 0 Å². The van der Waals surface area contributed by atoms with Gasteiger partial charge < -0.3 is 9.80 Å². The zero-order chi connectivity index (χ0) is 77.0. The summed E-state index contributed by atoms with van der Waals surface area (Å²) in [6.45, 7) is 55.3. The fourth-order valence-corrected chi connectivity index (χ4v) is 15.3. The molecule has 0 amide bonds. The molecule has 11 aromatic rings. The standard InChI is InChI=1S/C98H109BN2/c1-91(2,3)69-47-41-64(42-48-69)76-38-31-37-75(63-35-29-26-30-36-63)89(76)100-84-56-67(68-53-71(93(7,8)9)57-72(54-68)94(10,11)12)46-52-82(84)99-81-51-45-66(62-33-27-25-28-34-62)55-83(81)101(86-61-74(96(16,17)18)60-85(100)88(86)99)90-77(65-43-49-70(50-44-65)92(4,5)6)58-73(95(13,14)15)59-78(90)87-79(97(19,20)21)39-32-40-80(87)98(22,23)24/h25-61H,1-24H3/i25D,27D,28D,33D,34D. The van der Waals surface area contributed by atoms with E-state index in [-0.39, 0.29) is 67.6 Å². The Morgan fingerprint density at radius 2 is 0.624 bits per heavy atom. The van der Waals surface area contributed by atoms with Crippen LogP contribution in [0, 0.1) is 0 Å². The molecule has 0 aliphatic carbocycles. The number of benzene rings is 11. The highest BCUT2D eigenvalue weighted by molar-refractivity contribution is 7.00. The topological polar surface area (TPSA) is 6.48 Å². The number of rotatable bonds is 8. The normalized spacial score (nSPS) is 14.4. The second kappa shape index (κ2) is 25.0. The van der Waals surface area contributed by atoms with Crippen molar-refractivity contribution >= 4 is 57.2 Å². The molecule has 0 saturated heterocycles. The van der Waals surface area contributed by atoms with Crippen LogP contribution >= 0.6 is 0 Å². The third-order valence-electron chi connectivity index (χ3n) is 21.3. The molecule has 2 aliphatic heterocycles. The third kappa shape index (κ3) is 13.3. The van der Waals surface area contributed by atoms with E-state index >= 15 is 0 Å². The molecule has 514 valence electrons. The fraction of sp³-hybridized carbons (Fsp3) is 0.327. The van der Waals surface area contributed by atoms with E-state index in [1.807, 2.05) is 6.07 Å². The summed E-state index contributed by atoms with van der Waals surface area (Å²) in [5, 5.41) is 0. The average Bonchev–Trinajstić information content (AvgIpc) is 0.685. The molecule has 2 heterocycles. The predicted molar refractivity (Wildman–Crippen MR) is 443 cm³/mol. The van der Waals surface area contributed by atoms with Crippen LogP contribution < -0.4 is 26.2 Å². The molecule has 2 nitrogen and oxygen atoms in total. The van der Waals surface area contributed by atoms with E-state index in [2.05, 4.69) is 364 Å². The van der Waals surface area contributed by atoms with Crippen LogP contribution in [0.2, 0.25) is 0 Å². The van der Waals surface area contributed by atoms with Gasteiger partial charge in [-0.3, -0.25) is 0 Å². The van der Waals surface area contributed by atoms with E-state index in [1.165, 1.54) is 44.5 Å². The van der Waals surface area contributed by atoms with Crippen molar-refractivity contribution in [2.45, 2.75) is 209 Å². The first kappa shape index (κ1) is 64.2. The number of para-hydroxylation sites is 1. The van der Waals surface area contributed by atoms with E-state index in [4.69, 9.17) is 1.37 Å². The minimum Gasteiger partial charge on any atom is -0.310 e. The van der Waals surface area contributed by atoms with E-state index in [1.54, 1.807) is 0 Å². The van der Waals surface area contributed by atoms with Crippen molar-refractivity contribution in [2.24, 2.45) is 0 Å². The van der Waals surface area contributed by atoms with Crippen molar-refractivity contribution < 1.29 is 6.85 Å². The van der Waals surface area contributed by atoms with Crippen molar-refractivity contribution in [2.75, 3.05) is 9.80 Å². The Morgan fingerprint density at radius 1 is 0.257 bits per heavy atom. The van der Waals surface area contributed by atoms with Gasteiger partial charge in [0.1, 0.15) is 0 Å². The van der Waals surface area contributed by atoms with Crippen LogP contribution in [0.1, 0.15) is 218 Å². The summed E-state index contributed by atoms with van der Waals surface area (Å²) in [6, 6.07) is 72.6. The van der Waals surface area contributed by atoms with Crippen LogP contribution in [0.3, 0.4) is 0 Å². The number of fused-ring (bicyclic) bond motifs is 4. The molecule has 0 bridgehead atoms. The molecular weight excluding hydrogens is 1220 g/mol. The smallest absolute Gasteiger partial charge is 0.252 e. The Labute approximate surface area is 615 Å². The van der Waals surface area contributed by atoms with Crippen LogP contribution in [0.25, 0.3) is 66.8 Å². The SMILES string of the molecule is [2H]c1c([2H])c([2H])c(-c2ccc3c(c2)N(c2c(-c4ccc(C(C)(C)C)cc4)cc(C(C)(C)C)cc2-c2c(C(C)(C)C)cccc2C(C)(C)C)c2cc(C(C)(C)C)cc4c2B3c2ccc(-c3cc(C(C)(C)C)cc(C(C)(C)C)c3)cc2N4c2c(-c3ccccc3)cccc2-c2ccc(C(C)(C)C)cc2)c([2H])c1[2H]. The van der Waals surface area contributed by atoms with Crippen molar-refractivity contribution in [3.8, 4) is 66.8 Å². The zero-order valence-electron chi connectivity index (χ0n) is 69.9. The fourth-order valence-electron chi connectivity index (χ4n) is 15.3. The molecule has 0 radical (unpaired) electrons. The molecule has 13 rings (SSSR count). The van der Waals surface area contributed by atoms with Gasteiger partial charge in [-0.2, -0.15) is 0 Å². The van der Waals surface area contributed by atoms with Gasteiger partial charge >= 0.3 is 0 Å². The summed E-state index contributed by atoms with van der Waals surface area (Å²) in [5.41, 5.74) is 29.0. The summed E-state index contributed by atoms with van der Waals surface area (Å²) in [6.07, 6.45) is 0. The van der Waals surface area contributed by atoms with Gasteiger partial charge in [-0.25, -0.2) is 0 Å². The van der Waals surface area contributed by atoms with Crippen molar-refractivity contribution in [3.63, 3.8) is 0 Å². The lowest BCUT2D eigenvalue weighted by Gasteiger charge is -2.47. The molecule has 0 N–H and O–H groups in total. The molecule has 0 aromatic heterocycles. The maximum absolute atomic E-state index is 9.75. The minimum absolute atomic E-state index is 0.0719. The predicted octanol–water partition coefficient (Wildman–Crippen LogP) is 26.2. The van der Waals surface area contributed by atoms with Crippen LogP contribution in [-0.4, -0.2) is 6.71 Å². The first-order valence-corrected chi connectivity index (χ1v) is 36.8. The molecule has 3 heteroatoms. The Bertz CT molecular complexity index is 5200. The van der Waals surface area contributed by atoms with Crippen molar-refractivity contribution in [1.29, 1.82) is 0 Å². The second-order valence-electron chi connectivity index (χ2n) is 37.2. The number of anilines is 6. The molecular formula is C98H109BN2. The molecule has 0 spiro atoms. The minimum atomic E-state index is -0.431. The van der Waals surface area contributed by atoms with E-state index < -0.39 is 18.2 Å². The first-order chi connectivity index (χ1) is 49.2. The highest BCUT2D eigenvalue weighted by Gasteiger charge is 2.47. The first-order valence-electron chi connectivity index (χ1n) is 39.3. The van der Waals surface area contributed by atoms with Crippen molar-refractivity contribution in [1.82, 2.24) is 0 Å². The van der Waals surface area contributed by atoms with Gasteiger partial charge in [0.25, 0.3) is 6.71 Å². The van der Waals surface area contributed by atoms with E-state index in [0.717, 1.165) is 106 Å². The lowest BCUT2D eigenvalue weighted by molar-refractivity contribution is 0.569. The molecule has 2 aliphatic rings. The van der Waals surface area contributed by atoms with Crippen molar-refractivity contribution in [3.05, 3.63) is 269 Å². The Morgan fingerprint density at radius 3 is 1.06 bits per heavy atom. The van der Waals surface area contributed by atoms with Gasteiger partial charge in [-0.1, -0.05) is 354 Å². The number of hydrogen-bond donors (Lipinski definition) is 0. The highest BCUT2D eigenvalue weighted by Crippen LogP contribution is 2.57. The van der Waals surface area contributed by atoms with Gasteiger partial charge in [0.15, 0.2) is 0 Å². The number of nitrogens with zero attached hydrogens (tertiary/aromatic N) is 2. The highest BCUT2D eigenvalue weighted by atomic mass is 15.2. The Balaban J connectivity index is 1.29. The van der Waals surface area contributed by atoms with Gasteiger partial charge in [-0.05, 0) is 185 Å². The lowest BCUT2D eigenvalue weighted by Crippen LogP contribution is -2.61. The molecule has 101 heavy (non-hydrogen) atoms. The molecule has 11 aromatic carbocycles. The average molecular weight is 1330 g/mol. The molecule has 0 saturated carbocycles. The molecule has 0 atom stereocenters. The largest absolute Gasteiger partial charge is 0.310 e. The maximum Gasteiger partial charge on any atom is 0.252 e. The monoisotopic (exact) mass is 1330 g/mol. The summed E-state index contributed by atoms with van der Waals surface area (Å²) in [7, 11) is 0. The second-order valence-corrected chi connectivity index (χ2v) is 37.2. The van der Waals surface area contributed by atoms with E-state index in [9.17, 15) is 5.48 Å². The van der Waals surface area contributed by atoms with Gasteiger partial charge in [0.2, 0.25) is 0 Å². The van der Waals surface area contributed by atoms with Gasteiger partial charge in [0.05, 0.1) is 18.2 Å². The Hall–Kier alpha value is -8.92. The third-order valence-corrected chi connectivity index (χ3v) is 21.3. The summed E-state index contributed by atoms with van der Waals surface area (Å²) >= 11 is 0. The summed E-state index contributed by atoms with van der Waals surface area (Å²) < 4.78 is 46.8. The summed E-state index contributed by atoms with van der Waals surface area (Å²) in [5.74, 6) is 0. The van der Waals surface area contributed by atoms with Gasteiger partial charge in [-0.15, -0.1) is 0 Å². The van der Waals surface area contributed by atoms with Crippen LogP contribution in [0.15, 0.2) is 224 Å². The van der Waals surface area contributed by atoms with Crippen LogP contribution in [-0.2, 0) is 43.3 Å². The Kier molecular flexibility index (Phi) is 15.9. The number of hydrogen-bond acceptors (Lipinski definition) is 2. The lowest BCUT2D eigenvalue weighted by atomic mass is 9.33. The zero-order valence-corrected chi connectivity index (χ0v) is 64.9. The molecule has 0 fully saturated rings.